The number of nitrogens with one attached hydrogen (secondary N) is 1. The summed E-state index contributed by atoms with van der Waals surface area (Å²) in [6, 6.07) is 3.04. The highest BCUT2D eigenvalue weighted by Crippen LogP contribution is 2.07. The first-order chi connectivity index (χ1) is 7.69. The van der Waals surface area contributed by atoms with Crippen LogP contribution in [0.2, 0.25) is 0 Å². The van der Waals surface area contributed by atoms with Crippen LogP contribution in [-0.4, -0.2) is 16.9 Å². The van der Waals surface area contributed by atoms with Gasteiger partial charge in [0.25, 0.3) is 5.91 Å². The highest BCUT2D eigenvalue weighted by Gasteiger charge is 2.14. The summed E-state index contributed by atoms with van der Waals surface area (Å²) in [5, 5.41) is 2.71. The molecule has 0 saturated carbocycles. The number of rotatable bonds is 4. The third-order valence-electron chi connectivity index (χ3n) is 2.14. The Labute approximate surface area is 95.3 Å². The Hall–Kier alpha value is -2.02. The molecule has 84 valence electrons. The Balaban J connectivity index is 2.73. The summed E-state index contributed by atoms with van der Waals surface area (Å²) in [5.41, 5.74) is 6.21. The molecule has 0 radical (unpaired) electrons. The second kappa shape index (κ2) is 5.76. The number of hydrogen-bond acceptors (Lipinski definition) is 3. The molecule has 0 fully saturated rings. The zero-order chi connectivity index (χ0) is 12.0. The smallest absolute Gasteiger partial charge is 0.272 e. The van der Waals surface area contributed by atoms with Gasteiger partial charge in [-0.1, -0.05) is 19.3 Å². The number of hydrogen-bond donors (Lipinski definition) is 2. The minimum absolute atomic E-state index is 0.221. The van der Waals surface area contributed by atoms with Gasteiger partial charge in [-0.25, -0.2) is 4.98 Å². The van der Waals surface area contributed by atoms with Crippen molar-refractivity contribution in [1.29, 1.82) is 0 Å². The molecule has 1 rings (SSSR count). The number of anilines is 1. The van der Waals surface area contributed by atoms with E-state index < -0.39 is 0 Å². The maximum absolute atomic E-state index is 11.8. The van der Waals surface area contributed by atoms with Crippen LogP contribution in [0.25, 0.3) is 0 Å². The van der Waals surface area contributed by atoms with E-state index in [1.807, 2.05) is 6.92 Å². The van der Waals surface area contributed by atoms with Crippen molar-refractivity contribution in [2.45, 2.75) is 25.8 Å². The van der Waals surface area contributed by atoms with Gasteiger partial charge in [-0.3, -0.25) is 4.79 Å². The van der Waals surface area contributed by atoms with Crippen molar-refractivity contribution in [2.75, 3.05) is 5.73 Å². The Bertz CT molecular complexity index is 409. The van der Waals surface area contributed by atoms with Gasteiger partial charge in [0.1, 0.15) is 0 Å². The third kappa shape index (κ3) is 2.99. The topological polar surface area (TPSA) is 68.0 Å². The monoisotopic (exact) mass is 217 g/mol. The van der Waals surface area contributed by atoms with Crippen molar-refractivity contribution in [2.24, 2.45) is 0 Å². The van der Waals surface area contributed by atoms with Crippen molar-refractivity contribution in [3.8, 4) is 12.3 Å². The molecule has 3 N–H and O–H groups in total. The number of nitrogen functional groups attached to an aromatic ring is 1. The van der Waals surface area contributed by atoms with Gasteiger partial charge in [-0.15, -0.1) is 6.42 Å². The molecule has 1 heterocycles. The van der Waals surface area contributed by atoms with Crippen LogP contribution < -0.4 is 11.1 Å². The lowest BCUT2D eigenvalue weighted by Gasteiger charge is -2.12. The molecule has 1 unspecified atom stereocenters. The molecular weight excluding hydrogens is 202 g/mol. The van der Waals surface area contributed by atoms with Crippen molar-refractivity contribution < 1.29 is 4.79 Å². The molecule has 0 saturated heterocycles. The molecule has 4 nitrogen and oxygen atoms in total. The Morgan fingerprint density at radius 3 is 3.06 bits per heavy atom. The van der Waals surface area contributed by atoms with E-state index in [0.717, 1.165) is 12.8 Å². The number of terminal acetylenes is 1. The molecule has 16 heavy (non-hydrogen) atoms. The lowest BCUT2D eigenvalue weighted by atomic mass is 10.1. The number of nitrogens with two attached hydrogens (primary N) is 1. The first kappa shape index (κ1) is 12.1. The van der Waals surface area contributed by atoms with Crippen molar-refractivity contribution in [3.05, 3.63) is 24.0 Å². The molecule has 0 aliphatic rings. The van der Waals surface area contributed by atoms with E-state index in [4.69, 9.17) is 12.2 Å². The molecule has 1 aromatic rings. The molecule has 1 atom stereocenters. The van der Waals surface area contributed by atoms with E-state index in [2.05, 4.69) is 16.2 Å². The maximum atomic E-state index is 11.8. The van der Waals surface area contributed by atoms with Crippen LogP contribution in [0.1, 0.15) is 30.3 Å². The van der Waals surface area contributed by atoms with Crippen molar-refractivity contribution in [3.63, 3.8) is 0 Å². The average molecular weight is 217 g/mol. The van der Waals surface area contributed by atoms with Crippen molar-refractivity contribution >= 4 is 11.6 Å². The van der Waals surface area contributed by atoms with E-state index in [-0.39, 0.29) is 17.6 Å². The van der Waals surface area contributed by atoms with Gasteiger partial charge in [0, 0.05) is 6.20 Å². The lowest BCUT2D eigenvalue weighted by molar-refractivity contribution is 0.0940. The van der Waals surface area contributed by atoms with Gasteiger partial charge in [-0.05, 0) is 18.6 Å². The zero-order valence-corrected chi connectivity index (χ0v) is 9.23. The number of carbonyl (C=O) groups excluding carboxylic acids is 1. The average Bonchev–Trinajstić information content (AvgIpc) is 2.28. The molecular formula is C12H15N3O. The van der Waals surface area contributed by atoms with Crippen LogP contribution >= 0.6 is 0 Å². The first-order valence-corrected chi connectivity index (χ1v) is 5.16. The summed E-state index contributed by atoms with van der Waals surface area (Å²) in [6.45, 7) is 2.01. The predicted molar refractivity (Wildman–Crippen MR) is 63.6 cm³/mol. The SMILES string of the molecule is C#CC(CCC)NC(=O)c1ncccc1N. The number of pyridine rings is 1. The van der Waals surface area contributed by atoms with E-state index in [9.17, 15) is 4.79 Å². The number of aromatic nitrogens is 1. The van der Waals surface area contributed by atoms with Gasteiger partial charge in [0.2, 0.25) is 0 Å². The summed E-state index contributed by atoms with van der Waals surface area (Å²) < 4.78 is 0. The quantitative estimate of drug-likeness (QED) is 0.744. The van der Waals surface area contributed by atoms with Gasteiger partial charge < -0.3 is 11.1 Å². The van der Waals surface area contributed by atoms with E-state index in [1.54, 1.807) is 12.1 Å². The number of amides is 1. The van der Waals surface area contributed by atoms with Gasteiger partial charge in [0.05, 0.1) is 11.7 Å². The molecule has 0 bridgehead atoms. The van der Waals surface area contributed by atoms with E-state index in [0.29, 0.717) is 5.69 Å². The summed E-state index contributed by atoms with van der Waals surface area (Å²) in [5.74, 6) is 2.20. The molecule has 1 amide bonds. The van der Waals surface area contributed by atoms with Crippen LogP contribution in [0.15, 0.2) is 18.3 Å². The van der Waals surface area contributed by atoms with Gasteiger partial charge in [0.15, 0.2) is 5.69 Å². The van der Waals surface area contributed by atoms with Crippen LogP contribution in [0.4, 0.5) is 5.69 Å². The van der Waals surface area contributed by atoms with Crippen LogP contribution in [-0.2, 0) is 0 Å². The minimum atomic E-state index is -0.325. The molecule has 1 aromatic heterocycles. The molecule has 4 heteroatoms. The summed E-state index contributed by atoms with van der Waals surface area (Å²) in [7, 11) is 0. The fourth-order valence-electron chi connectivity index (χ4n) is 1.32. The molecule has 0 spiro atoms. The number of carbonyl (C=O) groups is 1. The third-order valence-corrected chi connectivity index (χ3v) is 2.14. The Morgan fingerprint density at radius 2 is 2.50 bits per heavy atom. The van der Waals surface area contributed by atoms with Crippen molar-refractivity contribution in [1.82, 2.24) is 10.3 Å². The zero-order valence-electron chi connectivity index (χ0n) is 9.23. The molecule has 0 aliphatic carbocycles. The van der Waals surface area contributed by atoms with Crippen LogP contribution in [0, 0.1) is 12.3 Å². The summed E-state index contributed by atoms with van der Waals surface area (Å²) in [6.07, 6.45) is 8.49. The second-order valence-corrected chi connectivity index (χ2v) is 3.42. The predicted octanol–water partition coefficient (Wildman–Crippen LogP) is 1.20. The van der Waals surface area contributed by atoms with Gasteiger partial charge >= 0.3 is 0 Å². The largest absolute Gasteiger partial charge is 0.397 e. The molecule has 0 aromatic carbocycles. The Kier molecular flexibility index (Phi) is 4.34. The van der Waals surface area contributed by atoms with E-state index in [1.165, 1.54) is 6.20 Å². The summed E-state index contributed by atoms with van der Waals surface area (Å²) in [4.78, 5) is 15.7. The lowest BCUT2D eigenvalue weighted by Crippen LogP contribution is -2.34. The number of nitrogens with zero attached hydrogens (tertiary/aromatic N) is 1. The van der Waals surface area contributed by atoms with Gasteiger partial charge in [-0.2, -0.15) is 0 Å². The van der Waals surface area contributed by atoms with Crippen LogP contribution in [0.5, 0.6) is 0 Å². The minimum Gasteiger partial charge on any atom is -0.397 e. The normalized spacial score (nSPS) is 11.5. The van der Waals surface area contributed by atoms with Crippen LogP contribution in [0.3, 0.4) is 0 Å². The maximum Gasteiger partial charge on any atom is 0.272 e. The Morgan fingerprint density at radius 1 is 1.75 bits per heavy atom. The highest BCUT2D eigenvalue weighted by molar-refractivity contribution is 5.97. The molecule has 0 aliphatic heterocycles. The highest BCUT2D eigenvalue weighted by atomic mass is 16.1. The second-order valence-electron chi connectivity index (χ2n) is 3.42. The fraction of sp³-hybridized carbons (Fsp3) is 0.333. The van der Waals surface area contributed by atoms with E-state index >= 15 is 0 Å². The standard InChI is InChI=1S/C12H15N3O/c1-3-6-9(4-2)15-12(16)11-10(13)7-5-8-14-11/h2,5,7-9H,3,6,13H2,1H3,(H,15,16). The summed E-state index contributed by atoms with van der Waals surface area (Å²) >= 11 is 0. The fourth-order valence-corrected chi connectivity index (χ4v) is 1.32. The first-order valence-electron chi connectivity index (χ1n) is 5.16.